The molecule has 2 aliphatic rings. The van der Waals surface area contributed by atoms with E-state index in [9.17, 15) is 18.0 Å². The zero-order chi connectivity index (χ0) is 20.9. The second kappa shape index (κ2) is 7.16. The van der Waals surface area contributed by atoms with Crippen LogP contribution < -0.4 is 10.2 Å². The number of benzene rings is 1. The van der Waals surface area contributed by atoms with Crippen LogP contribution in [0.25, 0.3) is 0 Å². The summed E-state index contributed by atoms with van der Waals surface area (Å²) in [7, 11) is 0. The number of fused-ring (bicyclic) bond motifs is 2. The Balaban J connectivity index is 1.51. The van der Waals surface area contributed by atoms with E-state index in [-0.39, 0.29) is 23.8 Å². The molecule has 0 radical (unpaired) electrons. The van der Waals surface area contributed by atoms with Crippen molar-refractivity contribution in [1.82, 2.24) is 9.78 Å². The molecule has 0 saturated heterocycles. The van der Waals surface area contributed by atoms with Crippen LogP contribution in [-0.2, 0) is 6.42 Å². The molecule has 0 fully saturated rings. The maximum absolute atomic E-state index is 13.8. The summed E-state index contributed by atoms with van der Waals surface area (Å²) in [6.07, 6.45) is -2.95. The summed E-state index contributed by atoms with van der Waals surface area (Å²) in [4.78, 5) is 15.6. The summed E-state index contributed by atoms with van der Waals surface area (Å²) in [6.45, 7) is 0.520. The van der Waals surface area contributed by atoms with E-state index in [1.165, 1.54) is 17.4 Å². The number of alkyl halides is 3. The molecule has 1 N–H and O–H groups in total. The molecule has 30 heavy (non-hydrogen) atoms. The summed E-state index contributed by atoms with van der Waals surface area (Å²) >= 11 is 1.41. The van der Waals surface area contributed by atoms with Crippen LogP contribution in [0.4, 0.5) is 24.7 Å². The summed E-state index contributed by atoms with van der Waals surface area (Å²) < 4.78 is 42.4. The standard InChI is InChI=1S/C21H19F3N4OS/c22-21(23,24)18-11-14(17-8-4-10-30-17)25-19-12-15(26-28(18)19)20(29)27-9-3-6-13-5-1-2-7-16(13)27/h1-2,4-5,7-8,10,12,14,18,25H,3,6,9,11H2/t14-,18+/m0/s1. The monoisotopic (exact) mass is 432 g/mol. The van der Waals surface area contributed by atoms with Gasteiger partial charge in [-0.3, -0.25) is 4.79 Å². The number of hydrogen-bond donors (Lipinski definition) is 1. The minimum absolute atomic E-state index is 0.0234. The van der Waals surface area contributed by atoms with Crippen LogP contribution in [0.15, 0.2) is 47.8 Å². The van der Waals surface area contributed by atoms with Crippen LogP contribution in [0.2, 0.25) is 0 Å². The SMILES string of the molecule is O=C(c1cc2n(n1)[C@@H](C(F)(F)F)C[C@@H](c1cccs1)N2)N1CCCc2ccccc21. The number of aromatic nitrogens is 2. The lowest BCUT2D eigenvalue weighted by Gasteiger charge is -2.32. The van der Waals surface area contributed by atoms with E-state index in [1.807, 2.05) is 41.8 Å². The molecular weight excluding hydrogens is 413 g/mol. The van der Waals surface area contributed by atoms with E-state index in [4.69, 9.17) is 0 Å². The molecule has 156 valence electrons. The Morgan fingerprint density at radius 1 is 1.20 bits per heavy atom. The number of carbonyl (C=O) groups is 1. The van der Waals surface area contributed by atoms with Gasteiger partial charge >= 0.3 is 6.18 Å². The third-order valence-corrected chi connectivity index (χ3v) is 6.64. The van der Waals surface area contributed by atoms with Gasteiger partial charge in [-0.05, 0) is 35.9 Å². The van der Waals surface area contributed by atoms with Crippen molar-refractivity contribution in [1.29, 1.82) is 0 Å². The Labute approximate surface area is 175 Å². The summed E-state index contributed by atoms with van der Waals surface area (Å²) in [5.74, 6) is -0.157. The van der Waals surface area contributed by atoms with E-state index in [2.05, 4.69) is 10.4 Å². The van der Waals surface area contributed by atoms with Gasteiger partial charge in [-0.15, -0.1) is 11.3 Å². The molecule has 2 aliphatic heterocycles. The molecular formula is C21H19F3N4OS. The van der Waals surface area contributed by atoms with E-state index in [0.29, 0.717) is 6.54 Å². The fourth-order valence-electron chi connectivity index (χ4n) is 4.24. The van der Waals surface area contributed by atoms with Crippen LogP contribution in [0.1, 0.15) is 45.9 Å². The molecule has 2 aromatic heterocycles. The quantitative estimate of drug-likeness (QED) is 0.606. The Morgan fingerprint density at radius 3 is 2.80 bits per heavy atom. The molecule has 5 nitrogen and oxygen atoms in total. The topological polar surface area (TPSA) is 50.2 Å². The highest BCUT2D eigenvalue weighted by Gasteiger charge is 2.47. The lowest BCUT2D eigenvalue weighted by Crippen LogP contribution is -2.37. The molecule has 0 aliphatic carbocycles. The molecule has 9 heteroatoms. The molecule has 0 spiro atoms. The van der Waals surface area contributed by atoms with Gasteiger partial charge in [0.1, 0.15) is 5.82 Å². The number of hydrogen-bond acceptors (Lipinski definition) is 4. The smallest absolute Gasteiger partial charge is 0.363 e. The highest BCUT2D eigenvalue weighted by atomic mass is 32.1. The van der Waals surface area contributed by atoms with Gasteiger partial charge in [0.15, 0.2) is 11.7 Å². The van der Waals surface area contributed by atoms with Crippen molar-refractivity contribution in [3.05, 3.63) is 64.0 Å². The Bertz CT molecular complexity index is 1080. The fourth-order valence-corrected chi connectivity index (χ4v) is 5.03. The van der Waals surface area contributed by atoms with Crippen LogP contribution in [0.5, 0.6) is 0 Å². The van der Waals surface area contributed by atoms with Gasteiger partial charge in [0.2, 0.25) is 0 Å². The third kappa shape index (κ3) is 3.27. The minimum Gasteiger partial charge on any atom is -0.363 e. The first-order valence-corrected chi connectivity index (χ1v) is 10.7. The van der Waals surface area contributed by atoms with E-state index < -0.39 is 18.3 Å². The van der Waals surface area contributed by atoms with Gasteiger partial charge in [0, 0.05) is 29.6 Å². The molecule has 2 atom stereocenters. The first-order chi connectivity index (χ1) is 14.4. The molecule has 5 rings (SSSR count). The number of nitrogens with one attached hydrogen (secondary N) is 1. The van der Waals surface area contributed by atoms with Crippen LogP contribution >= 0.6 is 11.3 Å². The average molecular weight is 432 g/mol. The van der Waals surface area contributed by atoms with Crippen molar-refractivity contribution in [3.63, 3.8) is 0 Å². The van der Waals surface area contributed by atoms with Crippen molar-refractivity contribution in [2.75, 3.05) is 16.8 Å². The lowest BCUT2D eigenvalue weighted by atomic mass is 10.0. The van der Waals surface area contributed by atoms with Gasteiger partial charge in [0.05, 0.1) is 6.04 Å². The molecule has 4 heterocycles. The zero-order valence-electron chi connectivity index (χ0n) is 15.9. The number of rotatable bonds is 2. The second-order valence-electron chi connectivity index (χ2n) is 7.55. The number of halogens is 3. The highest BCUT2D eigenvalue weighted by molar-refractivity contribution is 7.10. The van der Waals surface area contributed by atoms with Gasteiger partial charge in [-0.1, -0.05) is 24.3 Å². The molecule has 0 saturated carbocycles. The molecule has 0 unspecified atom stereocenters. The summed E-state index contributed by atoms with van der Waals surface area (Å²) in [5, 5.41) is 9.09. The number of anilines is 2. The summed E-state index contributed by atoms with van der Waals surface area (Å²) in [6, 6.07) is 10.4. The minimum atomic E-state index is -4.46. The fraction of sp³-hybridized carbons (Fsp3) is 0.333. The van der Waals surface area contributed by atoms with Crippen molar-refractivity contribution < 1.29 is 18.0 Å². The lowest BCUT2D eigenvalue weighted by molar-refractivity contribution is -0.173. The maximum Gasteiger partial charge on any atom is 0.410 e. The molecule has 3 aromatic rings. The predicted molar refractivity (Wildman–Crippen MR) is 109 cm³/mol. The van der Waals surface area contributed by atoms with Crippen LogP contribution in [0, 0.1) is 0 Å². The van der Waals surface area contributed by atoms with Crippen molar-refractivity contribution in [3.8, 4) is 0 Å². The van der Waals surface area contributed by atoms with E-state index in [0.717, 1.165) is 33.7 Å². The molecule has 1 amide bonds. The maximum atomic E-state index is 13.8. The van der Waals surface area contributed by atoms with Gasteiger partial charge in [-0.2, -0.15) is 18.3 Å². The predicted octanol–water partition coefficient (Wildman–Crippen LogP) is 5.20. The van der Waals surface area contributed by atoms with E-state index in [1.54, 1.807) is 4.90 Å². The van der Waals surface area contributed by atoms with Crippen molar-refractivity contribution in [2.45, 2.75) is 37.5 Å². The normalized spacial score (nSPS) is 21.0. The summed E-state index contributed by atoms with van der Waals surface area (Å²) in [5.41, 5.74) is 1.89. The van der Waals surface area contributed by atoms with Crippen LogP contribution in [0.3, 0.4) is 0 Å². The first-order valence-electron chi connectivity index (χ1n) is 9.78. The highest BCUT2D eigenvalue weighted by Crippen LogP contribution is 2.44. The first kappa shape index (κ1) is 19.2. The second-order valence-corrected chi connectivity index (χ2v) is 8.53. The van der Waals surface area contributed by atoms with Crippen LogP contribution in [-0.4, -0.2) is 28.4 Å². The zero-order valence-corrected chi connectivity index (χ0v) is 16.7. The van der Waals surface area contributed by atoms with Gasteiger partial charge in [0.25, 0.3) is 5.91 Å². The van der Waals surface area contributed by atoms with Crippen molar-refractivity contribution in [2.24, 2.45) is 0 Å². The Morgan fingerprint density at radius 2 is 2.03 bits per heavy atom. The number of thiophene rings is 1. The van der Waals surface area contributed by atoms with Gasteiger partial charge in [-0.25, -0.2) is 4.68 Å². The largest absolute Gasteiger partial charge is 0.410 e. The van der Waals surface area contributed by atoms with Gasteiger partial charge < -0.3 is 10.2 Å². The Hall–Kier alpha value is -2.81. The number of carbonyl (C=O) groups excluding carboxylic acids is 1. The van der Waals surface area contributed by atoms with E-state index >= 15 is 0 Å². The Kier molecular flexibility index (Phi) is 4.57. The average Bonchev–Trinajstić information content (AvgIpc) is 3.41. The molecule has 0 bridgehead atoms. The van der Waals surface area contributed by atoms with Crippen molar-refractivity contribution >= 4 is 28.7 Å². The third-order valence-electron chi connectivity index (χ3n) is 5.65. The molecule has 1 aromatic carbocycles. The number of amides is 1. The number of aryl methyl sites for hydroxylation is 1. The number of nitrogens with zero attached hydrogens (tertiary/aromatic N) is 3. The number of para-hydroxylation sites is 1.